The van der Waals surface area contributed by atoms with Gasteiger partial charge in [-0.3, -0.25) is 0 Å². The monoisotopic (exact) mass is 277 g/mol. The summed E-state index contributed by atoms with van der Waals surface area (Å²) >= 11 is 0. The molecule has 0 saturated carbocycles. The number of ether oxygens (including phenoxy) is 1. The van der Waals surface area contributed by atoms with Crippen LogP contribution in [0.5, 0.6) is 0 Å². The molecule has 1 atom stereocenters. The van der Waals surface area contributed by atoms with Crippen LogP contribution in [0.3, 0.4) is 0 Å². The zero-order valence-electron chi connectivity index (χ0n) is 13.5. The van der Waals surface area contributed by atoms with Gasteiger partial charge in [0, 0.05) is 6.61 Å². The molecule has 1 unspecified atom stereocenters. The number of benzene rings is 1. The van der Waals surface area contributed by atoms with Gasteiger partial charge in [-0.2, -0.15) is 0 Å². The third-order valence-electron chi connectivity index (χ3n) is 3.67. The third kappa shape index (κ3) is 6.53. The molecule has 1 N–H and O–H groups in total. The number of nitrogens with one attached hydrogen (secondary N) is 1. The van der Waals surface area contributed by atoms with E-state index in [1.165, 1.54) is 36.8 Å². The number of likely N-dealkylation sites (N-methyl/N-ethyl adjacent to an activating group) is 1. The Kier molecular flexibility index (Phi) is 9.35. The first-order valence-electron chi connectivity index (χ1n) is 8.21. The lowest BCUT2D eigenvalue weighted by Gasteiger charge is -2.19. The van der Waals surface area contributed by atoms with Gasteiger partial charge in [-0.25, -0.2) is 0 Å². The van der Waals surface area contributed by atoms with Crippen molar-refractivity contribution in [3.05, 3.63) is 35.4 Å². The fourth-order valence-electron chi connectivity index (χ4n) is 2.34. The summed E-state index contributed by atoms with van der Waals surface area (Å²) in [6.07, 6.45) is 6.16. The summed E-state index contributed by atoms with van der Waals surface area (Å²) in [4.78, 5) is 0. The van der Waals surface area contributed by atoms with Gasteiger partial charge in [-0.05, 0) is 30.5 Å². The highest BCUT2D eigenvalue weighted by Crippen LogP contribution is 2.15. The van der Waals surface area contributed by atoms with E-state index in [2.05, 4.69) is 50.4 Å². The van der Waals surface area contributed by atoms with E-state index in [1.807, 2.05) is 0 Å². The summed E-state index contributed by atoms with van der Waals surface area (Å²) in [5, 5.41) is 3.51. The highest BCUT2D eigenvalue weighted by molar-refractivity contribution is 5.25. The SMILES string of the molecule is CCCCCCOCC(NCC)c1ccc(CC)cc1. The first kappa shape index (κ1) is 17.2. The van der Waals surface area contributed by atoms with Gasteiger partial charge in [0.1, 0.15) is 0 Å². The first-order valence-corrected chi connectivity index (χ1v) is 8.21. The molecule has 0 heterocycles. The summed E-state index contributed by atoms with van der Waals surface area (Å²) in [5.74, 6) is 0. The van der Waals surface area contributed by atoms with Crippen molar-refractivity contribution in [2.45, 2.75) is 58.9 Å². The predicted molar refractivity (Wildman–Crippen MR) is 87.2 cm³/mol. The van der Waals surface area contributed by atoms with Crippen LogP contribution >= 0.6 is 0 Å². The van der Waals surface area contributed by atoms with Crippen LogP contribution in [0.1, 0.15) is 63.6 Å². The van der Waals surface area contributed by atoms with Crippen molar-refractivity contribution in [1.29, 1.82) is 0 Å². The molecule has 0 aliphatic rings. The molecule has 0 fully saturated rings. The molecule has 0 spiro atoms. The number of rotatable bonds is 11. The Labute approximate surface area is 124 Å². The van der Waals surface area contributed by atoms with Crippen LogP contribution in [-0.2, 0) is 11.2 Å². The Morgan fingerprint density at radius 3 is 2.35 bits per heavy atom. The van der Waals surface area contributed by atoms with Crippen molar-refractivity contribution < 1.29 is 4.74 Å². The van der Waals surface area contributed by atoms with Gasteiger partial charge >= 0.3 is 0 Å². The maximum atomic E-state index is 5.84. The Balaban J connectivity index is 2.38. The molecule has 20 heavy (non-hydrogen) atoms. The number of hydrogen-bond donors (Lipinski definition) is 1. The van der Waals surface area contributed by atoms with Crippen molar-refractivity contribution in [3.8, 4) is 0 Å². The Bertz CT molecular complexity index is 334. The Morgan fingerprint density at radius 2 is 1.75 bits per heavy atom. The van der Waals surface area contributed by atoms with Gasteiger partial charge in [-0.1, -0.05) is 64.3 Å². The van der Waals surface area contributed by atoms with Crippen LogP contribution in [0.15, 0.2) is 24.3 Å². The van der Waals surface area contributed by atoms with E-state index < -0.39 is 0 Å². The molecular weight excluding hydrogens is 246 g/mol. The van der Waals surface area contributed by atoms with Gasteiger partial charge in [0.2, 0.25) is 0 Å². The number of aryl methyl sites for hydroxylation is 1. The second-order valence-electron chi connectivity index (χ2n) is 5.34. The minimum Gasteiger partial charge on any atom is -0.379 e. The average molecular weight is 277 g/mol. The smallest absolute Gasteiger partial charge is 0.0661 e. The molecule has 0 amide bonds. The van der Waals surface area contributed by atoms with Crippen molar-refractivity contribution >= 4 is 0 Å². The van der Waals surface area contributed by atoms with Crippen LogP contribution in [-0.4, -0.2) is 19.8 Å². The highest BCUT2D eigenvalue weighted by Gasteiger charge is 2.10. The predicted octanol–water partition coefficient (Wildman–Crippen LogP) is 4.50. The Morgan fingerprint density at radius 1 is 1.00 bits per heavy atom. The summed E-state index contributed by atoms with van der Waals surface area (Å²) in [5.41, 5.74) is 2.72. The lowest BCUT2D eigenvalue weighted by Crippen LogP contribution is -2.25. The van der Waals surface area contributed by atoms with E-state index in [1.54, 1.807) is 0 Å². The van der Waals surface area contributed by atoms with E-state index in [0.717, 1.165) is 26.2 Å². The molecule has 0 saturated heterocycles. The molecule has 0 radical (unpaired) electrons. The number of hydrogen-bond acceptors (Lipinski definition) is 2. The molecule has 1 aromatic carbocycles. The standard InChI is InChI=1S/C18H31NO/c1-4-7-8-9-14-20-15-18(19-6-3)17-12-10-16(5-2)11-13-17/h10-13,18-19H,4-9,14-15H2,1-3H3. The lowest BCUT2D eigenvalue weighted by molar-refractivity contribution is 0.108. The second-order valence-corrected chi connectivity index (χ2v) is 5.34. The van der Waals surface area contributed by atoms with E-state index in [-0.39, 0.29) is 0 Å². The quantitative estimate of drug-likeness (QED) is 0.601. The maximum absolute atomic E-state index is 5.84. The molecule has 2 nitrogen and oxygen atoms in total. The summed E-state index contributed by atoms with van der Waals surface area (Å²) in [6, 6.07) is 9.22. The van der Waals surface area contributed by atoms with Crippen LogP contribution in [0, 0.1) is 0 Å². The van der Waals surface area contributed by atoms with Crippen molar-refractivity contribution in [3.63, 3.8) is 0 Å². The van der Waals surface area contributed by atoms with Gasteiger partial charge in [0.25, 0.3) is 0 Å². The molecule has 0 aliphatic carbocycles. The molecular formula is C18H31NO. The van der Waals surface area contributed by atoms with E-state index >= 15 is 0 Å². The van der Waals surface area contributed by atoms with E-state index in [0.29, 0.717) is 6.04 Å². The maximum Gasteiger partial charge on any atom is 0.0661 e. The molecule has 0 bridgehead atoms. The van der Waals surface area contributed by atoms with E-state index in [4.69, 9.17) is 4.74 Å². The molecule has 1 rings (SSSR count). The minimum atomic E-state index is 0.317. The van der Waals surface area contributed by atoms with Crippen molar-refractivity contribution in [1.82, 2.24) is 5.32 Å². The normalized spacial score (nSPS) is 12.6. The second kappa shape index (κ2) is 10.9. The van der Waals surface area contributed by atoms with Crippen LogP contribution in [0.25, 0.3) is 0 Å². The minimum absolute atomic E-state index is 0.317. The molecule has 114 valence electrons. The molecule has 1 aromatic rings. The number of unbranched alkanes of at least 4 members (excludes halogenated alkanes) is 3. The Hall–Kier alpha value is -0.860. The van der Waals surface area contributed by atoms with Crippen LogP contribution < -0.4 is 5.32 Å². The van der Waals surface area contributed by atoms with Crippen LogP contribution in [0.2, 0.25) is 0 Å². The van der Waals surface area contributed by atoms with Gasteiger partial charge in [0.05, 0.1) is 12.6 Å². The molecule has 2 heteroatoms. The van der Waals surface area contributed by atoms with Gasteiger partial charge < -0.3 is 10.1 Å². The topological polar surface area (TPSA) is 21.3 Å². The van der Waals surface area contributed by atoms with Crippen molar-refractivity contribution in [2.75, 3.05) is 19.8 Å². The fourth-order valence-corrected chi connectivity index (χ4v) is 2.34. The van der Waals surface area contributed by atoms with Crippen LogP contribution in [0.4, 0.5) is 0 Å². The zero-order chi connectivity index (χ0) is 14.6. The van der Waals surface area contributed by atoms with Gasteiger partial charge in [-0.15, -0.1) is 0 Å². The largest absolute Gasteiger partial charge is 0.379 e. The molecule has 0 aromatic heterocycles. The van der Waals surface area contributed by atoms with Crippen molar-refractivity contribution in [2.24, 2.45) is 0 Å². The fraction of sp³-hybridized carbons (Fsp3) is 0.667. The molecule has 0 aliphatic heterocycles. The zero-order valence-corrected chi connectivity index (χ0v) is 13.5. The highest BCUT2D eigenvalue weighted by atomic mass is 16.5. The summed E-state index contributed by atoms with van der Waals surface area (Å²) in [6.45, 7) is 9.20. The van der Waals surface area contributed by atoms with E-state index in [9.17, 15) is 0 Å². The first-order chi connectivity index (χ1) is 9.81. The lowest BCUT2D eigenvalue weighted by atomic mass is 10.0. The van der Waals surface area contributed by atoms with Gasteiger partial charge in [0.15, 0.2) is 0 Å². The summed E-state index contributed by atoms with van der Waals surface area (Å²) < 4.78 is 5.84. The third-order valence-corrected chi connectivity index (χ3v) is 3.67. The summed E-state index contributed by atoms with van der Waals surface area (Å²) in [7, 11) is 0. The average Bonchev–Trinajstić information content (AvgIpc) is 2.50.